The van der Waals surface area contributed by atoms with E-state index in [1.54, 1.807) is 13.0 Å². The number of carbonyl (C=O) groups is 2. The number of hydrogen-bond donors (Lipinski definition) is 3. The van der Waals surface area contributed by atoms with Crippen molar-refractivity contribution in [3.8, 4) is 0 Å². The molecule has 0 saturated carbocycles. The summed E-state index contributed by atoms with van der Waals surface area (Å²) in [7, 11) is 0. The standard InChI is InChI=1S/C15H14N4O3/c1-9(16-14(21)12-7-4-8-22-12)13(20)19-15-17-10-5-2-3-6-11(10)18-15/h2-9H,1H3,(H,16,21)(H2,17,18,19,20)/t9-/m0/s1. The molecule has 112 valence electrons. The van der Waals surface area contributed by atoms with E-state index < -0.39 is 11.9 Å². The second kappa shape index (κ2) is 5.72. The van der Waals surface area contributed by atoms with Gasteiger partial charge < -0.3 is 14.7 Å². The van der Waals surface area contributed by atoms with E-state index in [4.69, 9.17) is 4.42 Å². The van der Waals surface area contributed by atoms with Crippen molar-refractivity contribution in [2.24, 2.45) is 0 Å². The van der Waals surface area contributed by atoms with Gasteiger partial charge in [-0.15, -0.1) is 0 Å². The monoisotopic (exact) mass is 298 g/mol. The quantitative estimate of drug-likeness (QED) is 0.685. The van der Waals surface area contributed by atoms with Crippen LogP contribution in [0.15, 0.2) is 47.1 Å². The number of anilines is 1. The zero-order valence-corrected chi connectivity index (χ0v) is 11.8. The van der Waals surface area contributed by atoms with E-state index in [0.29, 0.717) is 5.95 Å². The zero-order chi connectivity index (χ0) is 15.5. The van der Waals surface area contributed by atoms with Crippen LogP contribution in [0, 0.1) is 0 Å². The van der Waals surface area contributed by atoms with Gasteiger partial charge in [-0.3, -0.25) is 14.9 Å². The fourth-order valence-electron chi connectivity index (χ4n) is 1.98. The number of nitrogens with zero attached hydrogens (tertiary/aromatic N) is 1. The molecule has 3 rings (SSSR count). The molecule has 0 bridgehead atoms. The Balaban J connectivity index is 1.64. The maximum absolute atomic E-state index is 12.1. The molecule has 7 heteroatoms. The highest BCUT2D eigenvalue weighted by Gasteiger charge is 2.19. The molecule has 3 N–H and O–H groups in total. The van der Waals surface area contributed by atoms with Crippen molar-refractivity contribution in [3.05, 3.63) is 48.4 Å². The molecule has 2 heterocycles. The van der Waals surface area contributed by atoms with Gasteiger partial charge in [0.15, 0.2) is 5.76 Å². The SMILES string of the molecule is C[C@H](NC(=O)c1ccco1)C(=O)Nc1nc2ccccc2[nH]1. The van der Waals surface area contributed by atoms with Crippen molar-refractivity contribution in [1.29, 1.82) is 0 Å². The Morgan fingerprint density at radius 2 is 2.05 bits per heavy atom. The fourth-order valence-corrected chi connectivity index (χ4v) is 1.98. The van der Waals surface area contributed by atoms with E-state index in [0.717, 1.165) is 11.0 Å². The van der Waals surface area contributed by atoms with Gasteiger partial charge in [0.05, 0.1) is 17.3 Å². The number of hydrogen-bond acceptors (Lipinski definition) is 4. The Labute approximate surface area is 125 Å². The second-order valence-electron chi connectivity index (χ2n) is 4.76. The van der Waals surface area contributed by atoms with Crippen LogP contribution >= 0.6 is 0 Å². The molecule has 0 unspecified atom stereocenters. The third kappa shape index (κ3) is 2.83. The third-order valence-electron chi connectivity index (χ3n) is 3.12. The largest absolute Gasteiger partial charge is 0.459 e. The number of nitrogens with one attached hydrogen (secondary N) is 3. The Morgan fingerprint density at radius 3 is 2.77 bits per heavy atom. The molecule has 2 aromatic heterocycles. The first-order valence-electron chi connectivity index (χ1n) is 6.73. The van der Waals surface area contributed by atoms with Gasteiger partial charge in [-0.2, -0.15) is 0 Å². The van der Waals surface area contributed by atoms with Crippen LogP contribution in [0.3, 0.4) is 0 Å². The van der Waals surface area contributed by atoms with Crippen LogP contribution in [0.25, 0.3) is 11.0 Å². The smallest absolute Gasteiger partial charge is 0.287 e. The normalized spacial score (nSPS) is 12.0. The minimum atomic E-state index is -0.731. The lowest BCUT2D eigenvalue weighted by Crippen LogP contribution is -2.41. The Bertz CT molecular complexity index is 774. The first-order chi connectivity index (χ1) is 10.6. The predicted molar refractivity (Wildman–Crippen MR) is 80.4 cm³/mol. The summed E-state index contributed by atoms with van der Waals surface area (Å²) in [6, 6.07) is 9.84. The van der Waals surface area contributed by atoms with Gasteiger partial charge >= 0.3 is 0 Å². The topological polar surface area (TPSA) is 100 Å². The summed E-state index contributed by atoms with van der Waals surface area (Å²) in [5.74, 6) is -0.329. The molecule has 7 nitrogen and oxygen atoms in total. The maximum Gasteiger partial charge on any atom is 0.287 e. The molecule has 0 aliphatic rings. The average Bonchev–Trinajstić information content (AvgIpc) is 3.15. The minimum absolute atomic E-state index is 0.156. The number of furan rings is 1. The number of para-hydroxylation sites is 2. The predicted octanol–water partition coefficient (Wildman–Crippen LogP) is 1.91. The molecule has 0 radical (unpaired) electrons. The number of rotatable bonds is 4. The van der Waals surface area contributed by atoms with E-state index in [-0.39, 0.29) is 11.7 Å². The van der Waals surface area contributed by atoms with Gasteiger partial charge in [-0.05, 0) is 31.2 Å². The first kappa shape index (κ1) is 13.9. The van der Waals surface area contributed by atoms with Crippen LogP contribution in [-0.4, -0.2) is 27.8 Å². The molecule has 0 aliphatic heterocycles. The molecular formula is C15H14N4O3. The molecule has 1 atom stereocenters. The molecule has 0 spiro atoms. The van der Waals surface area contributed by atoms with Crippen molar-refractivity contribution >= 4 is 28.8 Å². The summed E-state index contributed by atoms with van der Waals surface area (Å²) in [6.45, 7) is 1.58. The zero-order valence-electron chi connectivity index (χ0n) is 11.8. The number of fused-ring (bicyclic) bond motifs is 1. The van der Waals surface area contributed by atoms with Crippen LogP contribution in [0.2, 0.25) is 0 Å². The summed E-state index contributed by atoms with van der Waals surface area (Å²) < 4.78 is 4.97. The van der Waals surface area contributed by atoms with Crippen LogP contribution in [0.1, 0.15) is 17.5 Å². The number of carbonyl (C=O) groups excluding carboxylic acids is 2. The Hall–Kier alpha value is -3.09. The lowest BCUT2D eigenvalue weighted by atomic mass is 10.3. The lowest BCUT2D eigenvalue weighted by molar-refractivity contribution is -0.117. The van der Waals surface area contributed by atoms with Gasteiger partial charge in [0.2, 0.25) is 11.9 Å². The highest BCUT2D eigenvalue weighted by Crippen LogP contribution is 2.13. The summed E-state index contributed by atoms with van der Waals surface area (Å²) in [5, 5.41) is 5.18. The average molecular weight is 298 g/mol. The van der Waals surface area contributed by atoms with Gasteiger partial charge in [0, 0.05) is 0 Å². The van der Waals surface area contributed by atoms with Gasteiger partial charge in [0.25, 0.3) is 5.91 Å². The van der Waals surface area contributed by atoms with E-state index in [2.05, 4.69) is 20.6 Å². The van der Waals surface area contributed by atoms with E-state index >= 15 is 0 Å². The van der Waals surface area contributed by atoms with Gasteiger partial charge in [-0.1, -0.05) is 12.1 Å². The van der Waals surface area contributed by atoms with Gasteiger partial charge in [-0.25, -0.2) is 4.98 Å². The van der Waals surface area contributed by atoms with E-state index in [1.807, 2.05) is 24.3 Å². The Kier molecular flexibility index (Phi) is 3.61. The number of imidazole rings is 1. The molecule has 3 aromatic rings. The number of aromatic amines is 1. The van der Waals surface area contributed by atoms with Crippen LogP contribution in [0.4, 0.5) is 5.95 Å². The Morgan fingerprint density at radius 1 is 1.23 bits per heavy atom. The molecule has 2 amide bonds. The summed E-state index contributed by atoms with van der Waals surface area (Å²) in [4.78, 5) is 31.1. The molecule has 0 aliphatic carbocycles. The highest BCUT2D eigenvalue weighted by atomic mass is 16.3. The first-order valence-corrected chi connectivity index (χ1v) is 6.73. The summed E-state index contributed by atoms with van der Waals surface area (Å²) in [6.07, 6.45) is 1.40. The van der Waals surface area contributed by atoms with Crippen LogP contribution in [0.5, 0.6) is 0 Å². The molecule has 0 saturated heterocycles. The fraction of sp³-hybridized carbons (Fsp3) is 0.133. The van der Waals surface area contributed by atoms with Crippen molar-refractivity contribution in [2.75, 3.05) is 5.32 Å². The van der Waals surface area contributed by atoms with E-state index in [1.165, 1.54) is 12.3 Å². The number of aromatic nitrogens is 2. The second-order valence-corrected chi connectivity index (χ2v) is 4.76. The van der Waals surface area contributed by atoms with Crippen molar-refractivity contribution in [3.63, 3.8) is 0 Å². The molecule has 0 fully saturated rings. The molecular weight excluding hydrogens is 284 g/mol. The number of benzene rings is 1. The van der Waals surface area contributed by atoms with Crippen molar-refractivity contribution in [2.45, 2.75) is 13.0 Å². The summed E-state index contributed by atoms with van der Waals surface area (Å²) >= 11 is 0. The lowest BCUT2D eigenvalue weighted by Gasteiger charge is -2.11. The van der Waals surface area contributed by atoms with Crippen molar-refractivity contribution in [1.82, 2.24) is 15.3 Å². The third-order valence-corrected chi connectivity index (χ3v) is 3.12. The number of H-pyrrole nitrogens is 1. The van der Waals surface area contributed by atoms with Gasteiger partial charge in [0.1, 0.15) is 6.04 Å². The molecule has 22 heavy (non-hydrogen) atoms. The summed E-state index contributed by atoms with van der Waals surface area (Å²) in [5.41, 5.74) is 1.58. The van der Waals surface area contributed by atoms with Crippen LogP contribution < -0.4 is 10.6 Å². The van der Waals surface area contributed by atoms with E-state index in [9.17, 15) is 9.59 Å². The maximum atomic E-state index is 12.1. The minimum Gasteiger partial charge on any atom is -0.459 e. The van der Waals surface area contributed by atoms with Crippen molar-refractivity contribution < 1.29 is 14.0 Å². The number of amides is 2. The molecule has 1 aromatic carbocycles. The van der Waals surface area contributed by atoms with Crippen LogP contribution in [-0.2, 0) is 4.79 Å². The highest BCUT2D eigenvalue weighted by molar-refractivity contribution is 5.99.